The molecule has 0 saturated carbocycles. The summed E-state index contributed by atoms with van der Waals surface area (Å²) >= 11 is 0. The van der Waals surface area contributed by atoms with Crippen LogP contribution in [0.4, 0.5) is 4.79 Å². The van der Waals surface area contributed by atoms with Crippen molar-refractivity contribution in [2.45, 2.75) is 45.1 Å². The first-order chi connectivity index (χ1) is 9.99. The number of carboxylic acid groups (broad SMARTS) is 1. The van der Waals surface area contributed by atoms with Gasteiger partial charge in [-0.1, -0.05) is 37.3 Å². The van der Waals surface area contributed by atoms with Gasteiger partial charge in [0.05, 0.1) is 0 Å². The largest absolute Gasteiger partial charge is 0.481 e. The van der Waals surface area contributed by atoms with Gasteiger partial charge in [-0.05, 0) is 31.2 Å². The molecule has 5 heteroatoms. The fourth-order valence-corrected chi connectivity index (χ4v) is 2.04. The second-order valence-corrected chi connectivity index (χ2v) is 5.33. The third-order valence-electron chi connectivity index (χ3n) is 3.40. The van der Waals surface area contributed by atoms with Crippen LogP contribution in [0.1, 0.15) is 44.6 Å². The zero-order valence-electron chi connectivity index (χ0n) is 12.6. The Morgan fingerprint density at radius 3 is 2.43 bits per heavy atom. The quantitative estimate of drug-likeness (QED) is 0.689. The van der Waals surface area contributed by atoms with Gasteiger partial charge in [0.15, 0.2) is 0 Å². The lowest BCUT2D eigenvalue weighted by Gasteiger charge is -2.15. The highest BCUT2D eigenvalue weighted by atomic mass is 16.4. The Kier molecular flexibility index (Phi) is 7.29. The van der Waals surface area contributed by atoms with Crippen LogP contribution in [0.5, 0.6) is 0 Å². The molecule has 5 nitrogen and oxygen atoms in total. The van der Waals surface area contributed by atoms with Gasteiger partial charge in [0, 0.05) is 19.0 Å². The number of hydrogen-bond acceptors (Lipinski definition) is 2. The molecule has 0 radical (unpaired) electrons. The lowest BCUT2D eigenvalue weighted by Crippen LogP contribution is -2.41. The van der Waals surface area contributed by atoms with E-state index in [-0.39, 0.29) is 18.5 Å². The van der Waals surface area contributed by atoms with Gasteiger partial charge in [-0.15, -0.1) is 0 Å². The number of hydrogen-bond donors (Lipinski definition) is 3. The molecule has 1 rings (SSSR count). The number of rotatable bonds is 8. The third-order valence-corrected chi connectivity index (χ3v) is 3.40. The van der Waals surface area contributed by atoms with Crippen LogP contribution in [-0.4, -0.2) is 29.7 Å². The van der Waals surface area contributed by atoms with Gasteiger partial charge in [0.2, 0.25) is 0 Å². The zero-order chi connectivity index (χ0) is 15.7. The van der Waals surface area contributed by atoms with E-state index in [0.717, 1.165) is 6.42 Å². The van der Waals surface area contributed by atoms with Crippen molar-refractivity contribution in [3.63, 3.8) is 0 Å². The van der Waals surface area contributed by atoms with Gasteiger partial charge >= 0.3 is 12.0 Å². The van der Waals surface area contributed by atoms with Crippen molar-refractivity contribution < 1.29 is 14.7 Å². The SMILES string of the molecule is CC(CCC(=O)O)NC(=O)NCCC(C)c1ccccc1. The molecule has 2 unspecified atom stereocenters. The molecular weight excluding hydrogens is 268 g/mol. The highest BCUT2D eigenvalue weighted by molar-refractivity contribution is 5.74. The third kappa shape index (κ3) is 7.34. The van der Waals surface area contributed by atoms with E-state index in [2.05, 4.69) is 29.7 Å². The second kappa shape index (κ2) is 9.00. The van der Waals surface area contributed by atoms with E-state index in [1.165, 1.54) is 5.56 Å². The highest BCUT2D eigenvalue weighted by Gasteiger charge is 2.09. The summed E-state index contributed by atoms with van der Waals surface area (Å²) in [6.07, 6.45) is 1.36. The molecule has 0 heterocycles. The smallest absolute Gasteiger partial charge is 0.314 e. The monoisotopic (exact) mass is 292 g/mol. The Bertz CT molecular complexity index is 448. The van der Waals surface area contributed by atoms with Crippen molar-refractivity contribution in [2.75, 3.05) is 6.54 Å². The minimum atomic E-state index is -0.847. The fraction of sp³-hybridized carbons (Fsp3) is 0.500. The molecule has 0 spiro atoms. The molecule has 0 aliphatic rings. The van der Waals surface area contributed by atoms with Gasteiger partial charge in [0.1, 0.15) is 0 Å². The molecule has 1 aromatic rings. The maximum atomic E-state index is 11.6. The van der Waals surface area contributed by atoms with Crippen molar-refractivity contribution in [3.8, 4) is 0 Å². The summed E-state index contributed by atoms with van der Waals surface area (Å²) in [5.41, 5.74) is 1.26. The summed E-state index contributed by atoms with van der Waals surface area (Å²) in [5, 5.41) is 14.1. The Morgan fingerprint density at radius 2 is 1.81 bits per heavy atom. The van der Waals surface area contributed by atoms with Crippen LogP contribution in [0, 0.1) is 0 Å². The summed E-state index contributed by atoms with van der Waals surface area (Å²) in [7, 11) is 0. The molecule has 3 N–H and O–H groups in total. The summed E-state index contributed by atoms with van der Waals surface area (Å²) in [6, 6.07) is 9.78. The lowest BCUT2D eigenvalue weighted by atomic mass is 9.98. The number of aliphatic carboxylic acids is 1. The Balaban J connectivity index is 2.20. The Morgan fingerprint density at radius 1 is 1.14 bits per heavy atom. The van der Waals surface area contributed by atoms with Crippen molar-refractivity contribution in [1.29, 1.82) is 0 Å². The van der Waals surface area contributed by atoms with Crippen LogP contribution in [0.3, 0.4) is 0 Å². The Hall–Kier alpha value is -2.04. The van der Waals surface area contributed by atoms with E-state index in [0.29, 0.717) is 18.9 Å². The second-order valence-electron chi connectivity index (χ2n) is 5.33. The molecule has 2 amide bonds. The summed E-state index contributed by atoms with van der Waals surface area (Å²) in [5.74, 6) is -0.461. The molecule has 0 aliphatic carbocycles. The van der Waals surface area contributed by atoms with E-state index in [4.69, 9.17) is 5.11 Å². The number of amides is 2. The van der Waals surface area contributed by atoms with Gasteiger partial charge in [-0.25, -0.2) is 4.79 Å². The first-order valence-electron chi connectivity index (χ1n) is 7.30. The van der Waals surface area contributed by atoms with Crippen molar-refractivity contribution in [3.05, 3.63) is 35.9 Å². The van der Waals surface area contributed by atoms with Crippen LogP contribution < -0.4 is 10.6 Å². The summed E-state index contributed by atoms with van der Waals surface area (Å²) < 4.78 is 0. The van der Waals surface area contributed by atoms with Gasteiger partial charge in [0.25, 0.3) is 0 Å². The molecular formula is C16H24N2O3. The average molecular weight is 292 g/mol. The number of carboxylic acids is 1. The first kappa shape index (κ1) is 17.0. The standard InChI is InChI=1S/C16H24N2O3/c1-12(14-6-4-3-5-7-14)10-11-17-16(21)18-13(2)8-9-15(19)20/h3-7,12-13H,8-11H2,1-2H3,(H,19,20)(H2,17,18,21). The van der Waals surface area contributed by atoms with E-state index in [1.54, 1.807) is 6.92 Å². The molecule has 116 valence electrons. The van der Waals surface area contributed by atoms with E-state index >= 15 is 0 Å². The molecule has 0 bridgehead atoms. The van der Waals surface area contributed by atoms with Gasteiger partial charge < -0.3 is 15.7 Å². The van der Waals surface area contributed by atoms with Crippen molar-refractivity contribution >= 4 is 12.0 Å². The summed E-state index contributed by atoms with van der Waals surface area (Å²) in [4.78, 5) is 22.1. The maximum absolute atomic E-state index is 11.6. The Labute approximate surface area is 125 Å². The average Bonchev–Trinajstić information content (AvgIpc) is 2.46. The molecule has 0 aromatic heterocycles. The number of benzene rings is 1. The topological polar surface area (TPSA) is 78.4 Å². The predicted octanol–water partition coefficient (Wildman–Crippen LogP) is 2.73. The fourth-order valence-electron chi connectivity index (χ4n) is 2.04. The van der Waals surface area contributed by atoms with E-state index in [1.807, 2.05) is 18.2 Å². The van der Waals surface area contributed by atoms with Crippen LogP contribution in [0.15, 0.2) is 30.3 Å². The molecule has 21 heavy (non-hydrogen) atoms. The normalized spacial score (nSPS) is 13.2. The first-order valence-corrected chi connectivity index (χ1v) is 7.30. The summed E-state index contributed by atoms with van der Waals surface area (Å²) in [6.45, 7) is 4.52. The molecule has 1 aromatic carbocycles. The van der Waals surface area contributed by atoms with Crippen molar-refractivity contribution in [1.82, 2.24) is 10.6 Å². The minimum absolute atomic E-state index is 0.0620. The van der Waals surface area contributed by atoms with Gasteiger partial charge in [-0.2, -0.15) is 0 Å². The highest BCUT2D eigenvalue weighted by Crippen LogP contribution is 2.17. The molecule has 0 fully saturated rings. The van der Waals surface area contributed by atoms with Crippen LogP contribution in [-0.2, 0) is 4.79 Å². The number of urea groups is 1. The van der Waals surface area contributed by atoms with Crippen LogP contribution >= 0.6 is 0 Å². The van der Waals surface area contributed by atoms with E-state index < -0.39 is 5.97 Å². The molecule has 0 saturated heterocycles. The lowest BCUT2D eigenvalue weighted by molar-refractivity contribution is -0.137. The zero-order valence-corrected chi connectivity index (χ0v) is 12.6. The number of carbonyl (C=O) groups excluding carboxylic acids is 1. The van der Waals surface area contributed by atoms with Crippen LogP contribution in [0.2, 0.25) is 0 Å². The number of carbonyl (C=O) groups is 2. The predicted molar refractivity (Wildman–Crippen MR) is 82.3 cm³/mol. The van der Waals surface area contributed by atoms with Gasteiger partial charge in [-0.3, -0.25) is 4.79 Å². The van der Waals surface area contributed by atoms with Crippen LogP contribution in [0.25, 0.3) is 0 Å². The minimum Gasteiger partial charge on any atom is -0.481 e. The van der Waals surface area contributed by atoms with Crippen molar-refractivity contribution in [2.24, 2.45) is 0 Å². The van der Waals surface area contributed by atoms with E-state index in [9.17, 15) is 9.59 Å². The molecule has 0 aliphatic heterocycles. The number of nitrogens with one attached hydrogen (secondary N) is 2. The molecule has 2 atom stereocenters. The maximum Gasteiger partial charge on any atom is 0.314 e.